The first kappa shape index (κ1) is 28.0. The number of anilines is 2. The first-order valence-corrected chi connectivity index (χ1v) is 13.8. The standard InChI is InChI=1S/C31H27F2N7O3/c1-18-4-2-3-5-23(18)28(29(42)37-21-14-31(32,33)15-21)39(22-6-7-24-20(13-22)17-36-38-24)30(43)25-8-9-27(41)40(25)26-12-19(16-34)10-11-35-26/h2-7,10-13,17,21,25,28H,8-9,14-15H2,1H3,(H,36,38)(H,37,42). The van der Waals surface area contributed by atoms with E-state index in [9.17, 15) is 28.4 Å². The topological polar surface area (TPSA) is 135 Å². The number of nitriles is 1. The molecule has 3 amide bonds. The Balaban J connectivity index is 1.47. The fourth-order valence-corrected chi connectivity index (χ4v) is 5.80. The molecule has 218 valence electrons. The van der Waals surface area contributed by atoms with Crippen LogP contribution < -0.4 is 15.1 Å². The second kappa shape index (κ2) is 10.9. The Morgan fingerprint density at radius 3 is 2.72 bits per heavy atom. The minimum atomic E-state index is -2.85. The van der Waals surface area contributed by atoms with Crippen molar-refractivity contribution in [3.05, 3.63) is 83.7 Å². The number of carbonyl (C=O) groups is 3. The van der Waals surface area contributed by atoms with E-state index in [0.29, 0.717) is 27.7 Å². The van der Waals surface area contributed by atoms with Crippen LogP contribution in [0.25, 0.3) is 10.9 Å². The predicted octanol–water partition coefficient (Wildman–Crippen LogP) is 4.32. The molecule has 2 aliphatic rings. The number of aromatic nitrogens is 3. The van der Waals surface area contributed by atoms with Gasteiger partial charge < -0.3 is 5.32 Å². The van der Waals surface area contributed by atoms with Gasteiger partial charge in [-0.05, 0) is 54.8 Å². The molecule has 0 radical (unpaired) electrons. The molecule has 1 aliphatic heterocycles. The summed E-state index contributed by atoms with van der Waals surface area (Å²) in [6, 6.07) is 14.1. The number of fused-ring (bicyclic) bond motifs is 1. The molecule has 0 spiro atoms. The maximum atomic E-state index is 14.7. The summed E-state index contributed by atoms with van der Waals surface area (Å²) in [5.74, 6) is -4.22. The van der Waals surface area contributed by atoms with Crippen LogP contribution in [0.1, 0.15) is 48.4 Å². The number of aromatic amines is 1. The Hall–Kier alpha value is -5.18. The molecular formula is C31H27F2N7O3. The zero-order valence-electron chi connectivity index (χ0n) is 23.1. The number of H-pyrrole nitrogens is 1. The molecule has 0 bridgehead atoms. The number of amides is 3. The van der Waals surface area contributed by atoms with Gasteiger partial charge in [-0.1, -0.05) is 24.3 Å². The number of nitrogens with one attached hydrogen (secondary N) is 2. The van der Waals surface area contributed by atoms with Crippen LogP contribution in [0, 0.1) is 18.3 Å². The number of hydrogen-bond acceptors (Lipinski definition) is 6. The molecule has 6 rings (SSSR count). The van der Waals surface area contributed by atoms with E-state index >= 15 is 0 Å². The lowest BCUT2D eigenvalue weighted by molar-refractivity contribution is -0.133. The van der Waals surface area contributed by atoms with E-state index in [4.69, 9.17) is 0 Å². The summed E-state index contributed by atoms with van der Waals surface area (Å²) in [6.45, 7) is 1.80. The molecule has 1 saturated heterocycles. The number of aryl methyl sites for hydroxylation is 1. The zero-order valence-corrected chi connectivity index (χ0v) is 23.1. The van der Waals surface area contributed by atoms with Crippen molar-refractivity contribution in [1.29, 1.82) is 5.26 Å². The molecule has 3 heterocycles. The number of rotatable bonds is 7. The predicted molar refractivity (Wildman–Crippen MR) is 153 cm³/mol. The van der Waals surface area contributed by atoms with Crippen LogP contribution in [-0.2, 0) is 14.4 Å². The summed E-state index contributed by atoms with van der Waals surface area (Å²) in [5.41, 5.74) is 2.56. The van der Waals surface area contributed by atoms with E-state index in [1.54, 1.807) is 55.6 Å². The molecule has 12 heteroatoms. The van der Waals surface area contributed by atoms with Gasteiger partial charge in [0, 0.05) is 42.6 Å². The maximum Gasteiger partial charge on any atom is 0.252 e. The summed E-state index contributed by atoms with van der Waals surface area (Å²) in [4.78, 5) is 48.8. The van der Waals surface area contributed by atoms with E-state index in [0.717, 1.165) is 0 Å². The average Bonchev–Trinajstić information content (AvgIpc) is 3.61. The SMILES string of the molecule is Cc1ccccc1C(C(=O)NC1CC(F)(F)C1)N(C(=O)C1CCC(=O)N1c1cc(C#N)ccn1)c1ccc2[nH]ncc2c1. The molecule has 4 aromatic rings. The minimum absolute atomic E-state index is 0.0574. The highest BCUT2D eigenvalue weighted by molar-refractivity contribution is 6.11. The monoisotopic (exact) mass is 583 g/mol. The van der Waals surface area contributed by atoms with Crippen molar-refractivity contribution >= 4 is 40.1 Å². The van der Waals surface area contributed by atoms with Gasteiger partial charge in [0.05, 0.1) is 23.3 Å². The van der Waals surface area contributed by atoms with Crippen LogP contribution in [0.2, 0.25) is 0 Å². The van der Waals surface area contributed by atoms with Gasteiger partial charge in [0.25, 0.3) is 11.8 Å². The maximum absolute atomic E-state index is 14.7. The summed E-state index contributed by atoms with van der Waals surface area (Å²) in [6.07, 6.45) is 2.21. The Morgan fingerprint density at radius 1 is 1.19 bits per heavy atom. The molecule has 10 nitrogen and oxygen atoms in total. The van der Waals surface area contributed by atoms with Crippen molar-refractivity contribution in [3.63, 3.8) is 0 Å². The van der Waals surface area contributed by atoms with Crippen molar-refractivity contribution in [1.82, 2.24) is 20.5 Å². The number of halogens is 2. The molecule has 43 heavy (non-hydrogen) atoms. The van der Waals surface area contributed by atoms with Crippen LogP contribution in [0.4, 0.5) is 20.3 Å². The minimum Gasteiger partial charge on any atom is -0.351 e. The number of pyridine rings is 1. The third-order valence-electron chi connectivity index (χ3n) is 7.98. The van der Waals surface area contributed by atoms with E-state index in [1.807, 2.05) is 6.07 Å². The van der Waals surface area contributed by atoms with Crippen molar-refractivity contribution in [2.75, 3.05) is 9.80 Å². The molecule has 2 atom stereocenters. The number of alkyl halides is 2. The fraction of sp³-hybridized carbons (Fsp3) is 0.290. The normalized spacial score (nSPS) is 18.6. The molecule has 2 N–H and O–H groups in total. The third-order valence-corrected chi connectivity index (χ3v) is 7.98. The highest BCUT2D eigenvalue weighted by Gasteiger charge is 2.48. The lowest BCUT2D eigenvalue weighted by Crippen LogP contribution is -2.56. The van der Waals surface area contributed by atoms with Crippen LogP contribution in [0.15, 0.2) is 67.0 Å². The van der Waals surface area contributed by atoms with Crippen LogP contribution >= 0.6 is 0 Å². The summed E-state index contributed by atoms with van der Waals surface area (Å²) in [7, 11) is 0. The second-order valence-electron chi connectivity index (χ2n) is 10.9. The van der Waals surface area contributed by atoms with Crippen molar-refractivity contribution in [3.8, 4) is 6.07 Å². The summed E-state index contributed by atoms with van der Waals surface area (Å²) in [5, 5.41) is 19.8. The van der Waals surface area contributed by atoms with Crippen molar-refractivity contribution in [2.45, 2.75) is 56.7 Å². The van der Waals surface area contributed by atoms with Crippen molar-refractivity contribution < 1.29 is 23.2 Å². The van der Waals surface area contributed by atoms with Gasteiger partial charge in [-0.15, -0.1) is 0 Å². The molecule has 2 unspecified atom stereocenters. The van der Waals surface area contributed by atoms with Crippen LogP contribution in [0.5, 0.6) is 0 Å². The number of benzene rings is 2. The van der Waals surface area contributed by atoms with E-state index in [-0.39, 0.29) is 30.1 Å². The quantitative estimate of drug-likeness (QED) is 0.333. The lowest BCUT2D eigenvalue weighted by Gasteiger charge is -2.39. The molecule has 1 saturated carbocycles. The Kier molecular flexibility index (Phi) is 7.09. The van der Waals surface area contributed by atoms with Gasteiger partial charge in [0.2, 0.25) is 11.8 Å². The van der Waals surface area contributed by atoms with Gasteiger partial charge in [-0.25, -0.2) is 13.8 Å². The molecule has 2 fully saturated rings. The van der Waals surface area contributed by atoms with E-state index in [2.05, 4.69) is 20.5 Å². The van der Waals surface area contributed by atoms with Gasteiger partial charge in [-0.2, -0.15) is 10.4 Å². The third kappa shape index (κ3) is 5.30. The average molecular weight is 584 g/mol. The zero-order chi connectivity index (χ0) is 30.3. The molecular weight excluding hydrogens is 556 g/mol. The number of hydrogen-bond donors (Lipinski definition) is 2. The van der Waals surface area contributed by atoms with Gasteiger partial charge in [0.15, 0.2) is 0 Å². The largest absolute Gasteiger partial charge is 0.351 e. The lowest BCUT2D eigenvalue weighted by atomic mass is 9.87. The second-order valence-corrected chi connectivity index (χ2v) is 10.9. The molecule has 1 aliphatic carbocycles. The summed E-state index contributed by atoms with van der Waals surface area (Å²) < 4.78 is 27.4. The highest BCUT2D eigenvalue weighted by atomic mass is 19.3. The van der Waals surface area contributed by atoms with Gasteiger partial charge in [-0.3, -0.25) is 29.3 Å². The van der Waals surface area contributed by atoms with E-state index in [1.165, 1.54) is 28.1 Å². The van der Waals surface area contributed by atoms with Gasteiger partial charge in [0.1, 0.15) is 17.9 Å². The van der Waals surface area contributed by atoms with Crippen LogP contribution in [-0.4, -0.2) is 50.9 Å². The highest BCUT2D eigenvalue weighted by Crippen LogP contribution is 2.39. The molecule has 2 aromatic heterocycles. The smallest absolute Gasteiger partial charge is 0.252 e. The number of carbonyl (C=O) groups excluding carboxylic acids is 3. The first-order chi connectivity index (χ1) is 20.6. The number of nitrogens with zero attached hydrogens (tertiary/aromatic N) is 5. The van der Waals surface area contributed by atoms with E-state index < -0.39 is 48.7 Å². The first-order valence-electron chi connectivity index (χ1n) is 13.8. The van der Waals surface area contributed by atoms with Crippen molar-refractivity contribution in [2.24, 2.45) is 0 Å². The Morgan fingerprint density at radius 2 is 1.98 bits per heavy atom. The Bertz CT molecular complexity index is 1770. The van der Waals surface area contributed by atoms with Crippen LogP contribution in [0.3, 0.4) is 0 Å². The Labute approximate surface area is 245 Å². The fourth-order valence-electron chi connectivity index (χ4n) is 5.80. The molecule has 2 aromatic carbocycles. The summed E-state index contributed by atoms with van der Waals surface area (Å²) >= 11 is 0. The van der Waals surface area contributed by atoms with Gasteiger partial charge >= 0.3 is 0 Å².